The number of thiophene rings is 1. The van der Waals surface area contributed by atoms with Crippen molar-refractivity contribution in [2.45, 2.75) is 31.8 Å². The van der Waals surface area contributed by atoms with Crippen molar-refractivity contribution in [3.8, 4) is 10.8 Å². The average molecular weight is 399 g/mol. The quantitative estimate of drug-likeness (QED) is 0.631. The third-order valence-electron chi connectivity index (χ3n) is 4.95. The molecule has 0 radical (unpaired) electrons. The number of hydrogen-bond acceptors (Lipinski definition) is 6. The van der Waals surface area contributed by atoms with E-state index in [1.807, 2.05) is 46.7 Å². The van der Waals surface area contributed by atoms with Crippen molar-refractivity contribution in [2.75, 3.05) is 13.7 Å². The molecule has 0 unspecified atom stereocenters. The minimum atomic E-state index is -0.281. The zero-order valence-electron chi connectivity index (χ0n) is 15.5. The van der Waals surface area contributed by atoms with Gasteiger partial charge < -0.3 is 9.64 Å². The topological polar surface area (TPSA) is 82.2 Å². The molecule has 0 aliphatic carbocycles. The highest BCUT2D eigenvalue weighted by Gasteiger charge is 2.30. The van der Waals surface area contributed by atoms with Gasteiger partial charge in [0, 0.05) is 6.54 Å². The van der Waals surface area contributed by atoms with Crippen LogP contribution in [0.15, 0.2) is 46.6 Å². The van der Waals surface area contributed by atoms with Crippen molar-refractivity contribution in [3.05, 3.63) is 57.8 Å². The Labute approximate surface area is 165 Å². The number of carbonyl (C=O) groups is 1. The number of hydrogen-bond donors (Lipinski definition) is 0. The normalized spacial score (nSPS) is 16.5. The molecule has 1 aliphatic rings. The predicted molar refractivity (Wildman–Crippen MR) is 105 cm³/mol. The molecule has 3 heterocycles. The lowest BCUT2D eigenvalue weighted by atomic mass is 10.1. The van der Waals surface area contributed by atoms with Crippen LogP contribution in [0.2, 0.25) is 0 Å². The highest BCUT2D eigenvalue weighted by atomic mass is 32.1. The number of methoxy groups -OCH3 is 1. The van der Waals surface area contributed by atoms with Crippen LogP contribution in [0.25, 0.3) is 5.00 Å². The van der Waals surface area contributed by atoms with Crippen molar-refractivity contribution in [1.82, 2.24) is 24.7 Å². The van der Waals surface area contributed by atoms with Crippen LogP contribution >= 0.6 is 11.3 Å². The Morgan fingerprint density at radius 2 is 2.07 bits per heavy atom. The zero-order valence-corrected chi connectivity index (χ0v) is 16.3. The highest BCUT2D eigenvalue weighted by Crippen LogP contribution is 2.20. The first-order valence-electron chi connectivity index (χ1n) is 9.15. The minimum Gasteiger partial charge on any atom is -0.497 e. The monoisotopic (exact) mass is 399 g/mol. The number of benzene rings is 1. The SMILES string of the molecule is COc1ccc(CC(=O)N2CCC[C@@H]2Cn2nnn(-c3cccs3)c2=O)cc1. The smallest absolute Gasteiger partial charge is 0.369 e. The second kappa shape index (κ2) is 7.97. The lowest BCUT2D eigenvalue weighted by Gasteiger charge is -2.24. The summed E-state index contributed by atoms with van der Waals surface area (Å²) < 4.78 is 7.80. The summed E-state index contributed by atoms with van der Waals surface area (Å²) in [5, 5.41) is 10.6. The Kier molecular flexibility index (Phi) is 5.25. The summed E-state index contributed by atoms with van der Waals surface area (Å²) in [4.78, 5) is 27.3. The number of likely N-dealkylation sites (tertiary alicyclic amines) is 1. The van der Waals surface area contributed by atoms with Crippen molar-refractivity contribution in [3.63, 3.8) is 0 Å². The van der Waals surface area contributed by atoms with Crippen LogP contribution in [-0.2, 0) is 17.8 Å². The van der Waals surface area contributed by atoms with Gasteiger partial charge in [-0.2, -0.15) is 9.36 Å². The third-order valence-corrected chi connectivity index (χ3v) is 5.79. The number of aromatic nitrogens is 4. The molecule has 1 aliphatic heterocycles. The molecule has 1 amide bonds. The Hall–Kier alpha value is -2.94. The molecule has 1 aromatic carbocycles. The van der Waals surface area contributed by atoms with Crippen LogP contribution < -0.4 is 10.4 Å². The van der Waals surface area contributed by atoms with Gasteiger partial charge in [-0.05, 0) is 58.5 Å². The summed E-state index contributed by atoms with van der Waals surface area (Å²) in [7, 11) is 1.62. The average Bonchev–Trinajstić information content (AvgIpc) is 3.45. The summed E-state index contributed by atoms with van der Waals surface area (Å²) in [5.41, 5.74) is 0.661. The van der Waals surface area contributed by atoms with Gasteiger partial charge >= 0.3 is 5.69 Å². The van der Waals surface area contributed by atoms with Gasteiger partial charge in [-0.15, -0.1) is 11.3 Å². The highest BCUT2D eigenvalue weighted by molar-refractivity contribution is 7.12. The van der Waals surface area contributed by atoms with Crippen molar-refractivity contribution in [2.24, 2.45) is 0 Å². The molecular formula is C19H21N5O3S. The van der Waals surface area contributed by atoms with Crippen molar-refractivity contribution < 1.29 is 9.53 Å². The van der Waals surface area contributed by atoms with Crippen LogP contribution in [0.4, 0.5) is 0 Å². The second-order valence-electron chi connectivity index (χ2n) is 6.71. The molecule has 146 valence electrons. The Morgan fingerprint density at radius 3 is 2.79 bits per heavy atom. The van der Waals surface area contributed by atoms with E-state index < -0.39 is 0 Å². The van der Waals surface area contributed by atoms with E-state index in [0.717, 1.165) is 29.2 Å². The molecule has 1 saturated heterocycles. The fourth-order valence-corrected chi connectivity index (χ4v) is 4.16. The van der Waals surface area contributed by atoms with Gasteiger partial charge in [0.25, 0.3) is 0 Å². The van der Waals surface area contributed by atoms with E-state index in [2.05, 4.69) is 10.4 Å². The van der Waals surface area contributed by atoms with Crippen molar-refractivity contribution >= 4 is 17.2 Å². The number of tetrazole rings is 1. The minimum absolute atomic E-state index is 0.0445. The van der Waals surface area contributed by atoms with E-state index >= 15 is 0 Å². The summed E-state index contributed by atoms with van der Waals surface area (Å²) >= 11 is 1.43. The van der Waals surface area contributed by atoms with E-state index in [1.165, 1.54) is 20.7 Å². The Balaban J connectivity index is 1.45. The first-order chi connectivity index (χ1) is 13.7. The molecule has 0 spiro atoms. The molecule has 28 heavy (non-hydrogen) atoms. The molecule has 0 bridgehead atoms. The number of ether oxygens (including phenoxy) is 1. The maximum absolute atomic E-state index is 12.8. The van der Waals surface area contributed by atoms with Gasteiger partial charge in [0.15, 0.2) is 0 Å². The summed E-state index contributed by atoms with van der Waals surface area (Å²) in [6.07, 6.45) is 2.11. The summed E-state index contributed by atoms with van der Waals surface area (Å²) in [6.45, 7) is 1.06. The van der Waals surface area contributed by atoms with Crippen LogP contribution in [0.5, 0.6) is 5.75 Å². The first-order valence-corrected chi connectivity index (χ1v) is 10.0. The van der Waals surface area contributed by atoms with Gasteiger partial charge in [0.1, 0.15) is 10.8 Å². The van der Waals surface area contributed by atoms with E-state index in [4.69, 9.17) is 4.74 Å². The predicted octanol–water partition coefficient (Wildman–Crippen LogP) is 1.73. The fourth-order valence-electron chi connectivity index (χ4n) is 3.49. The van der Waals surface area contributed by atoms with E-state index in [1.54, 1.807) is 7.11 Å². The van der Waals surface area contributed by atoms with Crippen LogP contribution in [0, 0.1) is 0 Å². The Morgan fingerprint density at radius 1 is 1.25 bits per heavy atom. The number of rotatable bonds is 6. The molecule has 3 aromatic rings. The molecule has 9 heteroatoms. The number of amides is 1. The molecule has 1 fully saturated rings. The molecule has 0 saturated carbocycles. The van der Waals surface area contributed by atoms with Crippen molar-refractivity contribution in [1.29, 1.82) is 0 Å². The zero-order chi connectivity index (χ0) is 19.5. The molecule has 8 nitrogen and oxygen atoms in total. The number of nitrogens with zero attached hydrogens (tertiary/aromatic N) is 5. The second-order valence-corrected chi connectivity index (χ2v) is 7.64. The van der Waals surface area contributed by atoms with Crippen LogP contribution in [-0.4, -0.2) is 50.3 Å². The van der Waals surface area contributed by atoms with Crippen LogP contribution in [0.1, 0.15) is 18.4 Å². The largest absolute Gasteiger partial charge is 0.497 e. The fraction of sp³-hybridized carbons (Fsp3) is 0.368. The van der Waals surface area contributed by atoms with E-state index in [9.17, 15) is 9.59 Å². The van der Waals surface area contributed by atoms with Crippen LogP contribution in [0.3, 0.4) is 0 Å². The van der Waals surface area contributed by atoms with Gasteiger partial charge in [-0.3, -0.25) is 4.79 Å². The molecule has 2 aromatic heterocycles. The lowest BCUT2D eigenvalue weighted by molar-refractivity contribution is -0.131. The summed E-state index contributed by atoms with van der Waals surface area (Å²) in [6, 6.07) is 11.2. The Bertz CT molecular complexity index is 994. The van der Waals surface area contributed by atoms with Gasteiger partial charge in [0.2, 0.25) is 5.91 Å². The maximum atomic E-state index is 12.8. The third kappa shape index (κ3) is 3.70. The number of carbonyl (C=O) groups excluding carboxylic acids is 1. The first kappa shape index (κ1) is 18.4. The molecule has 1 atom stereocenters. The maximum Gasteiger partial charge on any atom is 0.369 e. The van der Waals surface area contributed by atoms with E-state index in [0.29, 0.717) is 19.5 Å². The van der Waals surface area contributed by atoms with Gasteiger partial charge in [-0.25, -0.2) is 4.79 Å². The standard InChI is InChI=1S/C19H21N5O3S/c1-27-16-8-6-14(7-9-16)12-17(25)22-10-2-4-15(22)13-23-19(26)24(21-20-23)18-5-3-11-28-18/h3,5-9,11,15H,2,4,10,12-13H2,1H3/t15-/m1/s1. The van der Waals surface area contributed by atoms with Gasteiger partial charge in [-0.1, -0.05) is 12.1 Å². The summed E-state index contributed by atoms with van der Waals surface area (Å²) in [5.74, 6) is 0.829. The van der Waals surface area contributed by atoms with Gasteiger partial charge in [0.05, 0.1) is 26.1 Å². The molecule has 4 rings (SSSR count). The lowest BCUT2D eigenvalue weighted by Crippen LogP contribution is -2.41. The van der Waals surface area contributed by atoms with E-state index in [-0.39, 0.29) is 17.6 Å². The molecular weight excluding hydrogens is 378 g/mol. The molecule has 0 N–H and O–H groups in total.